The number of carbonyl (C=O) groups excluding carboxylic acids is 2. The summed E-state index contributed by atoms with van der Waals surface area (Å²) in [7, 11) is -3.78. The van der Waals surface area contributed by atoms with Crippen molar-refractivity contribution in [2.75, 3.05) is 17.1 Å². The molecule has 7 nitrogen and oxygen atoms in total. The molecule has 2 amide bonds. The lowest BCUT2D eigenvalue weighted by Crippen LogP contribution is -2.52. The Kier molecular flexibility index (Phi) is 9.09. The number of nitrogens with zero attached hydrogens (tertiary/aromatic N) is 2. The van der Waals surface area contributed by atoms with Gasteiger partial charge in [0.2, 0.25) is 21.8 Å². The summed E-state index contributed by atoms with van der Waals surface area (Å²) < 4.78 is 26.0. The van der Waals surface area contributed by atoms with Crippen LogP contribution < -0.4 is 9.62 Å². The quantitative estimate of drug-likeness (QED) is 0.565. The second-order valence-electron chi connectivity index (χ2n) is 7.75. The van der Waals surface area contributed by atoms with E-state index in [9.17, 15) is 18.0 Å². The van der Waals surface area contributed by atoms with Gasteiger partial charge in [-0.05, 0) is 44.0 Å². The molecule has 1 N–H and O–H groups in total. The maximum atomic E-state index is 13.4. The Labute approximate surface area is 195 Å². The van der Waals surface area contributed by atoms with Crippen LogP contribution in [0.2, 0.25) is 5.02 Å². The first-order chi connectivity index (χ1) is 15.0. The van der Waals surface area contributed by atoms with Crippen LogP contribution in [-0.2, 0) is 26.2 Å². The standard InChI is InChI=1S/C23H30ClN3O4S/c1-5-17(2)25-23(29)18(3)26(15-19-10-7-6-8-11-19)22(28)16-27(32(4,30)31)21-13-9-12-20(24)14-21/h6-14,17-18H,5,15-16H2,1-4H3,(H,25,29). The molecule has 0 aliphatic carbocycles. The highest BCUT2D eigenvalue weighted by Crippen LogP contribution is 2.22. The van der Waals surface area contributed by atoms with Gasteiger partial charge in [-0.1, -0.05) is 54.9 Å². The molecule has 0 saturated heterocycles. The first-order valence-electron chi connectivity index (χ1n) is 10.4. The molecule has 0 bridgehead atoms. The molecule has 2 atom stereocenters. The highest BCUT2D eigenvalue weighted by Gasteiger charge is 2.30. The van der Waals surface area contributed by atoms with Gasteiger partial charge < -0.3 is 10.2 Å². The molecule has 32 heavy (non-hydrogen) atoms. The zero-order valence-electron chi connectivity index (χ0n) is 18.8. The predicted octanol–water partition coefficient (Wildman–Crippen LogP) is 3.44. The fourth-order valence-electron chi connectivity index (χ4n) is 3.07. The molecular formula is C23H30ClN3O4S. The van der Waals surface area contributed by atoms with Crippen LogP contribution in [0.5, 0.6) is 0 Å². The number of benzene rings is 2. The minimum absolute atomic E-state index is 0.0439. The summed E-state index contributed by atoms with van der Waals surface area (Å²) in [6, 6.07) is 14.7. The van der Waals surface area contributed by atoms with E-state index in [0.29, 0.717) is 5.02 Å². The van der Waals surface area contributed by atoms with E-state index in [2.05, 4.69) is 5.32 Å². The molecule has 0 spiro atoms. The van der Waals surface area contributed by atoms with Gasteiger partial charge in [0.15, 0.2) is 0 Å². The SMILES string of the molecule is CCC(C)NC(=O)C(C)N(Cc1ccccc1)C(=O)CN(c1cccc(Cl)c1)S(C)(=O)=O. The fraction of sp³-hybridized carbons (Fsp3) is 0.391. The van der Waals surface area contributed by atoms with Gasteiger partial charge >= 0.3 is 0 Å². The van der Waals surface area contributed by atoms with Crippen molar-refractivity contribution in [3.63, 3.8) is 0 Å². The number of carbonyl (C=O) groups is 2. The third-order valence-electron chi connectivity index (χ3n) is 5.14. The third-order valence-corrected chi connectivity index (χ3v) is 6.52. The Morgan fingerprint density at radius 2 is 1.72 bits per heavy atom. The summed E-state index contributed by atoms with van der Waals surface area (Å²) in [5.41, 5.74) is 1.11. The molecular weight excluding hydrogens is 450 g/mol. The molecule has 9 heteroatoms. The van der Waals surface area contributed by atoms with Gasteiger partial charge in [0, 0.05) is 17.6 Å². The van der Waals surface area contributed by atoms with Crippen LogP contribution >= 0.6 is 11.6 Å². The summed E-state index contributed by atoms with van der Waals surface area (Å²) in [4.78, 5) is 27.6. The maximum absolute atomic E-state index is 13.4. The van der Waals surface area contributed by atoms with Gasteiger partial charge in [0.1, 0.15) is 12.6 Å². The highest BCUT2D eigenvalue weighted by atomic mass is 35.5. The Morgan fingerprint density at radius 1 is 1.06 bits per heavy atom. The Morgan fingerprint density at radius 3 is 2.28 bits per heavy atom. The number of hydrogen-bond acceptors (Lipinski definition) is 4. The molecule has 2 aromatic carbocycles. The van der Waals surface area contributed by atoms with Crippen molar-refractivity contribution < 1.29 is 18.0 Å². The minimum Gasteiger partial charge on any atom is -0.352 e. The first-order valence-corrected chi connectivity index (χ1v) is 12.6. The van der Waals surface area contributed by atoms with Crippen molar-refractivity contribution in [2.45, 2.75) is 45.8 Å². The summed E-state index contributed by atoms with van der Waals surface area (Å²) in [6.45, 7) is 5.20. The number of halogens is 1. The van der Waals surface area contributed by atoms with Crippen molar-refractivity contribution >= 4 is 39.1 Å². The fourth-order valence-corrected chi connectivity index (χ4v) is 4.10. The molecule has 0 radical (unpaired) electrons. The normalized spacial score (nSPS) is 13.2. The Bertz CT molecular complexity index is 1030. The third kappa shape index (κ3) is 7.24. The van der Waals surface area contributed by atoms with Gasteiger partial charge in [-0.3, -0.25) is 13.9 Å². The molecule has 2 aromatic rings. The smallest absolute Gasteiger partial charge is 0.244 e. The largest absolute Gasteiger partial charge is 0.352 e. The van der Waals surface area contributed by atoms with Crippen LogP contribution in [0.25, 0.3) is 0 Å². The van der Waals surface area contributed by atoms with Crippen molar-refractivity contribution in [3.05, 3.63) is 65.2 Å². The van der Waals surface area contributed by atoms with Crippen LogP contribution in [0.15, 0.2) is 54.6 Å². The van der Waals surface area contributed by atoms with Crippen LogP contribution in [0.3, 0.4) is 0 Å². The van der Waals surface area contributed by atoms with Gasteiger partial charge in [-0.15, -0.1) is 0 Å². The molecule has 0 fully saturated rings. The summed E-state index contributed by atoms with van der Waals surface area (Å²) in [5.74, 6) is -0.789. The van der Waals surface area contributed by atoms with Gasteiger partial charge in [-0.25, -0.2) is 8.42 Å². The second kappa shape index (κ2) is 11.3. The molecule has 0 aromatic heterocycles. The lowest BCUT2D eigenvalue weighted by Gasteiger charge is -2.32. The average Bonchev–Trinajstić information content (AvgIpc) is 2.74. The van der Waals surface area contributed by atoms with Crippen LogP contribution in [-0.4, -0.2) is 50.0 Å². The lowest BCUT2D eigenvalue weighted by molar-refractivity contribution is -0.139. The minimum atomic E-state index is -3.78. The van der Waals surface area contributed by atoms with E-state index >= 15 is 0 Å². The van der Waals surface area contributed by atoms with Crippen LogP contribution in [0.4, 0.5) is 5.69 Å². The van der Waals surface area contributed by atoms with Crippen LogP contribution in [0, 0.1) is 0 Å². The van der Waals surface area contributed by atoms with E-state index in [0.717, 1.165) is 22.5 Å². The summed E-state index contributed by atoms with van der Waals surface area (Å²) in [5, 5.41) is 3.24. The van der Waals surface area contributed by atoms with E-state index < -0.39 is 28.5 Å². The highest BCUT2D eigenvalue weighted by molar-refractivity contribution is 7.92. The Balaban J connectivity index is 2.35. The van der Waals surface area contributed by atoms with Crippen LogP contribution in [0.1, 0.15) is 32.8 Å². The number of hydrogen-bond donors (Lipinski definition) is 1. The second-order valence-corrected chi connectivity index (χ2v) is 10.1. The molecule has 2 unspecified atom stereocenters. The van der Waals surface area contributed by atoms with E-state index in [1.807, 2.05) is 44.2 Å². The molecule has 0 saturated carbocycles. The first kappa shape index (κ1) is 25.7. The zero-order chi connectivity index (χ0) is 23.9. The van der Waals surface area contributed by atoms with Crippen molar-refractivity contribution in [1.29, 1.82) is 0 Å². The van der Waals surface area contributed by atoms with Gasteiger partial charge in [0.05, 0.1) is 11.9 Å². The van der Waals surface area contributed by atoms with E-state index in [1.165, 1.54) is 11.0 Å². The monoisotopic (exact) mass is 479 g/mol. The lowest BCUT2D eigenvalue weighted by atomic mass is 10.1. The van der Waals surface area contributed by atoms with Crippen molar-refractivity contribution in [3.8, 4) is 0 Å². The van der Waals surface area contributed by atoms with E-state index in [4.69, 9.17) is 11.6 Å². The van der Waals surface area contributed by atoms with E-state index in [1.54, 1.807) is 25.1 Å². The Hall–Kier alpha value is -2.58. The van der Waals surface area contributed by atoms with Gasteiger partial charge in [0.25, 0.3) is 0 Å². The number of rotatable bonds is 10. The topological polar surface area (TPSA) is 86.8 Å². The number of anilines is 1. The summed E-state index contributed by atoms with van der Waals surface area (Å²) >= 11 is 6.03. The summed E-state index contributed by atoms with van der Waals surface area (Å²) in [6.07, 6.45) is 1.78. The van der Waals surface area contributed by atoms with Crippen molar-refractivity contribution in [1.82, 2.24) is 10.2 Å². The number of amides is 2. The van der Waals surface area contributed by atoms with Crippen molar-refractivity contribution in [2.24, 2.45) is 0 Å². The molecule has 0 aliphatic rings. The molecule has 0 heterocycles. The predicted molar refractivity (Wildman–Crippen MR) is 128 cm³/mol. The average molecular weight is 480 g/mol. The van der Waals surface area contributed by atoms with E-state index in [-0.39, 0.29) is 24.2 Å². The molecule has 2 rings (SSSR count). The van der Waals surface area contributed by atoms with Gasteiger partial charge in [-0.2, -0.15) is 0 Å². The number of sulfonamides is 1. The maximum Gasteiger partial charge on any atom is 0.244 e. The zero-order valence-corrected chi connectivity index (χ0v) is 20.4. The molecule has 0 aliphatic heterocycles. The number of nitrogens with one attached hydrogen (secondary N) is 1. The molecule has 174 valence electrons.